The van der Waals surface area contributed by atoms with Gasteiger partial charge in [0.2, 0.25) is 11.9 Å². The van der Waals surface area contributed by atoms with Crippen molar-refractivity contribution in [1.82, 2.24) is 14.9 Å². The zero-order valence-corrected chi connectivity index (χ0v) is 19.2. The molecule has 1 amide bonds. The lowest BCUT2D eigenvalue weighted by atomic mass is 9.94. The fourth-order valence-electron chi connectivity index (χ4n) is 3.70. The summed E-state index contributed by atoms with van der Waals surface area (Å²) >= 11 is 0. The first-order valence-corrected chi connectivity index (χ1v) is 10.9. The van der Waals surface area contributed by atoms with Gasteiger partial charge in [-0.3, -0.25) is 4.79 Å². The van der Waals surface area contributed by atoms with Crippen molar-refractivity contribution in [1.29, 1.82) is 0 Å². The van der Waals surface area contributed by atoms with Crippen LogP contribution in [0.15, 0.2) is 48.7 Å². The topological polar surface area (TPSA) is 103 Å². The average molecular weight is 448 g/mol. The fraction of sp³-hybridized carbons (Fsp3) is 0.320. The zero-order chi connectivity index (χ0) is 23.4. The number of aryl methyl sites for hydroxylation is 1. The Morgan fingerprint density at radius 2 is 2.09 bits per heavy atom. The molecule has 0 aliphatic carbocycles. The number of hydrogen-bond donors (Lipinski definition) is 2. The fourth-order valence-corrected chi connectivity index (χ4v) is 3.70. The minimum Gasteiger partial charge on any atom is -0.492 e. The van der Waals surface area contributed by atoms with E-state index in [1.807, 2.05) is 56.3 Å². The van der Waals surface area contributed by atoms with Crippen LogP contribution < -0.4 is 20.5 Å². The molecule has 172 valence electrons. The number of carbonyl (C=O) groups is 1. The minimum absolute atomic E-state index is 0.0985. The van der Waals surface area contributed by atoms with Gasteiger partial charge in [-0.1, -0.05) is 23.8 Å². The molecule has 0 saturated carbocycles. The molecule has 1 aliphatic rings. The second-order valence-electron chi connectivity index (χ2n) is 8.48. The summed E-state index contributed by atoms with van der Waals surface area (Å²) in [4.78, 5) is 23.4. The molecule has 8 nitrogen and oxygen atoms in total. The Kier molecular flexibility index (Phi) is 6.74. The van der Waals surface area contributed by atoms with Crippen LogP contribution in [0.2, 0.25) is 0 Å². The Labute approximate surface area is 193 Å². The first-order valence-electron chi connectivity index (χ1n) is 10.9. The Balaban J connectivity index is 1.54. The van der Waals surface area contributed by atoms with Gasteiger partial charge in [-0.05, 0) is 57.3 Å². The van der Waals surface area contributed by atoms with Gasteiger partial charge in [-0.25, -0.2) is 9.97 Å². The number of carbonyl (C=O) groups excluding carboxylic acids is 1. The van der Waals surface area contributed by atoms with E-state index in [0.29, 0.717) is 36.8 Å². The molecule has 0 saturated heterocycles. The number of amides is 1. The van der Waals surface area contributed by atoms with Gasteiger partial charge in [0.05, 0.1) is 17.3 Å². The van der Waals surface area contributed by atoms with Crippen molar-refractivity contribution in [2.45, 2.75) is 13.3 Å². The number of anilines is 2. The van der Waals surface area contributed by atoms with Crippen LogP contribution in [0.5, 0.6) is 11.5 Å². The summed E-state index contributed by atoms with van der Waals surface area (Å²) in [6, 6.07) is 13.4. The van der Waals surface area contributed by atoms with Gasteiger partial charge in [0.25, 0.3) is 0 Å². The lowest BCUT2D eigenvalue weighted by molar-refractivity contribution is -0.121. The van der Waals surface area contributed by atoms with Crippen LogP contribution in [0.4, 0.5) is 11.6 Å². The van der Waals surface area contributed by atoms with E-state index >= 15 is 0 Å². The molecule has 1 unspecified atom stereocenters. The van der Waals surface area contributed by atoms with Gasteiger partial charge in [0.15, 0.2) is 0 Å². The predicted molar refractivity (Wildman–Crippen MR) is 128 cm³/mol. The van der Waals surface area contributed by atoms with Crippen molar-refractivity contribution in [2.75, 3.05) is 44.9 Å². The summed E-state index contributed by atoms with van der Waals surface area (Å²) in [5, 5.41) is 3.04. The van der Waals surface area contributed by atoms with Crippen molar-refractivity contribution < 1.29 is 14.3 Å². The molecule has 3 aromatic rings. The Hall–Kier alpha value is -3.65. The van der Waals surface area contributed by atoms with E-state index in [9.17, 15) is 4.79 Å². The summed E-state index contributed by atoms with van der Waals surface area (Å²) < 4.78 is 11.9. The van der Waals surface area contributed by atoms with E-state index in [1.165, 1.54) is 0 Å². The second-order valence-corrected chi connectivity index (χ2v) is 8.48. The second kappa shape index (κ2) is 9.87. The molecular weight excluding hydrogens is 418 g/mol. The summed E-state index contributed by atoms with van der Waals surface area (Å²) in [5.41, 5.74) is 10.1. The summed E-state index contributed by atoms with van der Waals surface area (Å²) in [6.07, 6.45) is 2.25. The number of nitrogen functional groups attached to an aromatic ring is 1. The van der Waals surface area contributed by atoms with E-state index in [-0.39, 0.29) is 17.8 Å². The molecule has 4 rings (SSSR count). The van der Waals surface area contributed by atoms with Crippen molar-refractivity contribution >= 4 is 17.5 Å². The highest BCUT2D eigenvalue weighted by Gasteiger charge is 2.27. The van der Waals surface area contributed by atoms with E-state index < -0.39 is 0 Å². The smallest absolute Gasteiger partial charge is 0.231 e. The molecule has 1 aliphatic heterocycles. The molecule has 2 heterocycles. The minimum atomic E-state index is -0.282. The number of nitrogens with zero attached hydrogens (tertiary/aromatic N) is 3. The zero-order valence-electron chi connectivity index (χ0n) is 19.2. The van der Waals surface area contributed by atoms with Gasteiger partial charge in [0, 0.05) is 18.3 Å². The molecule has 33 heavy (non-hydrogen) atoms. The molecule has 0 radical (unpaired) electrons. The number of hydrogen-bond acceptors (Lipinski definition) is 7. The first-order chi connectivity index (χ1) is 15.9. The van der Waals surface area contributed by atoms with Crippen LogP contribution in [-0.4, -0.2) is 54.6 Å². The summed E-state index contributed by atoms with van der Waals surface area (Å²) in [6.45, 7) is 3.60. The molecule has 3 N–H and O–H groups in total. The SMILES string of the molecule is Cc1ccc2c(c1)CC(C(=O)Nc1ccc(-c3ccnc(N)n3)cc1OCCN(C)C)CO2. The van der Waals surface area contributed by atoms with E-state index in [4.69, 9.17) is 15.2 Å². The van der Waals surface area contributed by atoms with Gasteiger partial charge in [-0.2, -0.15) is 0 Å². The maximum absolute atomic E-state index is 13.1. The third-order valence-electron chi connectivity index (χ3n) is 5.50. The lowest BCUT2D eigenvalue weighted by Crippen LogP contribution is -2.32. The largest absolute Gasteiger partial charge is 0.492 e. The third-order valence-corrected chi connectivity index (χ3v) is 5.50. The van der Waals surface area contributed by atoms with Gasteiger partial charge >= 0.3 is 0 Å². The van der Waals surface area contributed by atoms with Crippen molar-refractivity contribution in [3.05, 3.63) is 59.8 Å². The van der Waals surface area contributed by atoms with Crippen molar-refractivity contribution in [3.8, 4) is 22.8 Å². The predicted octanol–water partition coefficient (Wildman–Crippen LogP) is 3.16. The van der Waals surface area contributed by atoms with Crippen LogP contribution in [0.25, 0.3) is 11.3 Å². The van der Waals surface area contributed by atoms with E-state index in [2.05, 4.69) is 21.4 Å². The summed E-state index contributed by atoms with van der Waals surface area (Å²) in [7, 11) is 3.96. The van der Waals surface area contributed by atoms with Crippen LogP contribution in [-0.2, 0) is 11.2 Å². The van der Waals surface area contributed by atoms with Crippen LogP contribution in [0.3, 0.4) is 0 Å². The standard InChI is InChI=1S/C25H29N5O3/c1-16-4-7-22-18(12-16)13-19(15-33-22)24(31)28-21-6-5-17(20-8-9-27-25(26)29-20)14-23(21)32-11-10-30(2)3/h4-9,12,14,19H,10-11,13,15H2,1-3H3,(H,28,31)(H2,26,27,29). The number of rotatable bonds is 7. The quantitative estimate of drug-likeness (QED) is 0.573. The molecule has 0 bridgehead atoms. The van der Waals surface area contributed by atoms with Gasteiger partial charge in [0.1, 0.15) is 24.7 Å². The molecule has 2 aromatic carbocycles. The molecular formula is C25H29N5O3. The van der Waals surface area contributed by atoms with Gasteiger partial charge in [-0.15, -0.1) is 0 Å². The van der Waals surface area contributed by atoms with E-state index in [0.717, 1.165) is 29.0 Å². The van der Waals surface area contributed by atoms with Gasteiger partial charge < -0.3 is 25.4 Å². The third kappa shape index (κ3) is 5.59. The number of benzene rings is 2. The molecule has 1 aromatic heterocycles. The van der Waals surface area contributed by atoms with E-state index in [1.54, 1.807) is 12.3 Å². The monoisotopic (exact) mass is 447 g/mol. The molecule has 8 heteroatoms. The van der Waals surface area contributed by atoms with Crippen LogP contribution >= 0.6 is 0 Å². The summed E-state index contributed by atoms with van der Waals surface area (Å²) in [5.74, 6) is 1.25. The number of fused-ring (bicyclic) bond motifs is 1. The lowest BCUT2D eigenvalue weighted by Gasteiger charge is -2.25. The number of nitrogens with one attached hydrogen (secondary N) is 1. The van der Waals surface area contributed by atoms with Crippen molar-refractivity contribution in [3.63, 3.8) is 0 Å². The van der Waals surface area contributed by atoms with Crippen LogP contribution in [0, 0.1) is 12.8 Å². The first kappa shape index (κ1) is 22.5. The normalized spacial score (nSPS) is 15.0. The molecule has 0 spiro atoms. The Bertz CT molecular complexity index is 1150. The number of nitrogens with two attached hydrogens (primary N) is 1. The maximum atomic E-state index is 13.1. The highest BCUT2D eigenvalue weighted by atomic mass is 16.5. The highest BCUT2D eigenvalue weighted by Crippen LogP contribution is 2.33. The average Bonchev–Trinajstić information content (AvgIpc) is 2.79. The molecule has 1 atom stereocenters. The number of ether oxygens (including phenoxy) is 2. The number of likely N-dealkylation sites (N-methyl/N-ethyl adjacent to an activating group) is 1. The molecule has 0 fully saturated rings. The van der Waals surface area contributed by atoms with Crippen LogP contribution in [0.1, 0.15) is 11.1 Å². The number of aromatic nitrogens is 2. The Morgan fingerprint density at radius 3 is 2.88 bits per heavy atom. The highest BCUT2D eigenvalue weighted by molar-refractivity contribution is 5.95. The maximum Gasteiger partial charge on any atom is 0.231 e. The van der Waals surface area contributed by atoms with Crippen molar-refractivity contribution in [2.24, 2.45) is 5.92 Å². The Morgan fingerprint density at radius 1 is 1.24 bits per heavy atom.